The van der Waals surface area contributed by atoms with Gasteiger partial charge >= 0.3 is 6.09 Å². The first-order chi connectivity index (χ1) is 8.37. The van der Waals surface area contributed by atoms with Crippen molar-refractivity contribution < 1.29 is 14.3 Å². The van der Waals surface area contributed by atoms with Crippen LogP contribution in [0.25, 0.3) is 0 Å². The zero-order valence-corrected chi connectivity index (χ0v) is 11.8. The van der Waals surface area contributed by atoms with Crippen LogP contribution in [-0.2, 0) is 9.47 Å². The van der Waals surface area contributed by atoms with Gasteiger partial charge in [-0.2, -0.15) is 0 Å². The molecule has 1 fully saturated rings. The van der Waals surface area contributed by atoms with E-state index in [9.17, 15) is 4.79 Å². The summed E-state index contributed by atoms with van der Waals surface area (Å²) in [5.74, 6) is 0. The zero-order valence-electron chi connectivity index (χ0n) is 11.8. The minimum atomic E-state index is -0.470. The van der Waals surface area contributed by atoms with Crippen molar-refractivity contribution in [3.05, 3.63) is 0 Å². The fraction of sp³-hybridized carbons (Fsp3) is 0.923. The van der Waals surface area contributed by atoms with Crippen molar-refractivity contribution in [1.82, 2.24) is 5.32 Å². The van der Waals surface area contributed by atoms with Crippen molar-refractivity contribution in [1.29, 1.82) is 0 Å². The van der Waals surface area contributed by atoms with E-state index in [2.05, 4.69) is 5.32 Å². The molecule has 0 aromatic rings. The molecular formula is C13H26N2O3. The van der Waals surface area contributed by atoms with Crippen LogP contribution in [0.15, 0.2) is 0 Å². The van der Waals surface area contributed by atoms with Gasteiger partial charge in [-0.05, 0) is 53.0 Å². The maximum absolute atomic E-state index is 11.8. The number of alkyl carbamates (subject to hydrolysis) is 1. The maximum atomic E-state index is 11.8. The van der Waals surface area contributed by atoms with Gasteiger partial charge in [-0.1, -0.05) is 0 Å². The summed E-state index contributed by atoms with van der Waals surface area (Å²) < 4.78 is 10.7. The van der Waals surface area contributed by atoms with E-state index in [0.717, 1.165) is 25.7 Å². The minimum absolute atomic E-state index is 0.266. The summed E-state index contributed by atoms with van der Waals surface area (Å²) in [5.41, 5.74) is 4.76. The second-order valence-corrected chi connectivity index (χ2v) is 5.96. The molecule has 0 aliphatic carbocycles. The monoisotopic (exact) mass is 258 g/mol. The lowest BCUT2D eigenvalue weighted by Gasteiger charge is -2.30. The van der Waals surface area contributed by atoms with Gasteiger partial charge in [0, 0.05) is 6.61 Å². The summed E-state index contributed by atoms with van der Waals surface area (Å²) in [6.45, 7) is 7.52. The fourth-order valence-corrected chi connectivity index (χ4v) is 2.09. The predicted octanol–water partition coefficient (Wildman–Crippen LogP) is 1.80. The molecule has 1 unspecified atom stereocenters. The Hall–Kier alpha value is -0.810. The number of ether oxygens (including phenoxy) is 2. The third kappa shape index (κ3) is 5.23. The molecule has 1 rings (SSSR count). The Morgan fingerprint density at radius 3 is 2.67 bits per heavy atom. The SMILES string of the molecule is CC(C)(C)OC(=O)NC1(CCCCN)CCOC1. The van der Waals surface area contributed by atoms with Crippen LogP contribution in [-0.4, -0.2) is 37.0 Å². The minimum Gasteiger partial charge on any atom is -0.444 e. The van der Waals surface area contributed by atoms with Crippen molar-refractivity contribution in [3.8, 4) is 0 Å². The van der Waals surface area contributed by atoms with E-state index in [-0.39, 0.29) is 11.6 Å². The molecule has 1 aliphatic heterocycles. The van der Waals surface area contributed by atoms with E-state index in [4.69, 9.17) is 15.2 Å². The number of hydrogen-bond donors (Lipinski definition) is 2. The molecule has 1 amide bonds. The second kappa shape index (κ2) is 6.38. The predicted molar refractivity (Wildman–Crippen MR) is 70.4 cm³/mol. The molecule has 1 aliphatic rings. The van der Waals surface area contributed by atoms with E-state index in [0.29, 0.717) is 19.8 Å². The lowest BCUT2D eigenvalue weighted by atomic mass is 9.92. The van der Waals surface area contributed by atoms with Gasteiger partial charge in [0.05, 0.1) is 12.1 Å². The molecule has 5 nitrogen and oxygen atoms in total. The van der Waals surface area contributed by atoms with Gasteiger partial charge < -0.3 is 20.5 Å². The number of hydrogen-bond acceptors (Lipinski definition) is 4. The molecule has 0 saturated carbocycles. The van der Waals surface area contributed by atoms with Gasteiger partial charge in [-0.25, -0.2) is 4.79 Å². The number of amides is 1. The van der Waals surface area contributed by atoms with Crippen LogP contribution in [0.5, 0.6) is 0 Å². The first-order valence-corrected chi connectivity index (χ1v) is 6.66. The zero-order chi connectivity index (χ0) is 13.6. The maximum Gasteiger partial charge on any atom is 0.408 e. The van der Waals surface area contributed by atoms with Crippen LogP contribution in [0, 0.1) is 0 Å². The third-order valence-corrected chi connectivity index (χ3v) is 2.98. The van der Waals surface area contributed by atoms with E-state index in [1.165, 1.54) is 0 Å². The highest BCUT2D eigenvalue weighted by Gasteiger charge is 2.37. The van der Waals surface area contributed by atoms with E-state index in [1.807, 2.05) is 20.8 Å². The topological polar surface area (TPSA) is 73.6 Å². The highest BCUT2D eigenvalue weighted by Crippen LogP contribution is 2.25. The van der Waals surface area contributed by atoms with Crippen molar-refractivity contribution in [2.45, 2.75) is 57.6 Å². The van der Waals surface area contributed by atoms with Crippen molar-refractivity contribution in [2.24, 2.45) is 5.73 Å². The normalized spacial score (nSPS) is 24.0. The largest absolute Gasteiger partial charge is 0.444 e. The standard InChI is InChI=1S/C13H26N2O3/c1-12(2,3)18-11(16)15-13(6-4-5-8-14)7-9-17-10-13/h4-10,14H2,1-3H3,(H,15,16). The van der Waals surface area contributed by atoms with Gasteiger partial charge in [-0.3, -0.25) is 0 Å². The molecule has 1 saturated heterocycles. The molecular weight excluding hydrogens is 232 g/mol. The number of nitrogens with one attached hydrogen (secondary N) is 1. The Morgan fingerprint density at radius 1 is 1.44 bits per heavy atom. The highest BCUT2D eigenvalue weighted by atomic mass is 16.6. The number of rotatable bonds is 5. The quantitative estimate of drug-likeness (QED) is 0.737. The number of carbonyl (C=O) groups excluding carboxylic acids is 1. The Labute approximate surface area is 109 Å². The van der Waals surface area contributed by atoms with E-state index in [1.54, 1.807) is 0 Å². The molecule has 1 heterocycles. The number of carbonyl (C=O) groups is 1. The average molecular weight is 258 g/mol. The van der Waals surface area contributed by atoms with Crippen LogP contribution in [0.3, 0.4) is 0 Å². The van der Waals surface area contributed by atoms with Gasteiger partial charge in [0.15, 0.2) is 0 Å². The summed E-state index contributed by atoms with van der Waals surface area (Å²) >= 11 is 0. The fourth-order valence-electron chi connectivity index (χ4n) is 2.09. The Balaban J connectivity index is 2.49. The summed E-state index contributed by atoms with van der Waals surface area (Å²) in [6, 6.07) is 0. The van der Waals surface area contributed by atoms with Crippen LogP contribution >= 0.6 is 0 Å². The van der Waals surface area contributed by atoms with Crippen molar-refractivity contribution >= 4 is 6.09 Å². The van der Waals surface area contributed by atoms with Gasteiger partial charge in [0.25, 0.3) is 0 Å². The number of unbranched alkanes of at least 4 members (excludes halogenated alkanes) is 1. The molecule has 0 radical (unpaired) electrons. The van der Waals surface area contributed by atoms with Crippen LogP contribution in [0.2, 0.25) is 0 Å². The Kier molecular flexibility index (Phi) is 5.41. The molecule has 0 bridgehead atoms. The molecule has 3 N–H and O–H groups in total. The molecule has 18 heavy (non-hydrogen) atoms. The Bertz CT molecular complexity index is 268. The first-order valence-electron chi connectivity index (χ1n) is 6.66. The first kappa shape index (κ1) is 15.2. The molecule has 5 heteroatoms. The van der Waals surface area contributed by atoms with Crippen molar-refractivity contribution in [3.63, 3.8) is 0 Å². The summed E-state index contributed by atoms with van der Waals surface area (Å²) in [7, 11) is 0. The molecule has 0 aromatic carbocycles. The molecule has 0 spiro atoms. The van der Waals surface area contributed by atoms with Gasteiger partial charge in [0.1, 0.15) is 5.60 Å². The second-order valence-electron chi connectivity index (χ2n) is 5.96. The van der Waals surface area contributed by atoms with Gasteiger partial charge in [0.2, 0.25) is 0 Å². The lowest BCUT2D eigenvalue weighted by Crippen LogP contribution is -2.50. The van der Waals surface area contributed by atoms with Crippen LogP contribution in [0.1, 0.15) is 46.5 Å². The highest BCUT2D eigenvalue weighted by molar-refractivity contribution is 5.68. The van der Waals surface area contributed by atoms with Crippen LogP contribution in [0.4, 0.5) is 4.79 Å². The van der Waals surface area contributed by atoms with Crippen molar-refractivity contribution in [2.75, 3.05) is 19.8 Å². The van der Waals surface area contributed by atoms with Gasteiger partial charge in [-0.15, -0.1) is 0 Å². The van der Waals surface area contributed by atoms with Crippen LogP contribution < -0.4 is 11.1 Å². The smallest absolute Gasteiger partial charge is 0.408 e. The molecule has 1 atom stereocenters. The Morgan fingerprint density at radius 2 is 2.17 bits per heavy atom. The summed E-state index contributed by atoms with van der Waals surface area (Å²) in [6.07, 6.45) is 3.34. The lowest BCUT2D eigenvalue weighted by molar-refractivity contribution is 0.0431. The summed E-state index contributed by atoms with van der Waals surface area (Å²) in [4.78, 5) is 11.8. The van der Waals surface area contributed by atoms with E-state index >= 15 is 0 Å². The summed E-state index contributed by atoms with van der Waals surface area (Å²) in [5, 5.41) is 2.98. The third-order valence-electron chi connectivity index (χ3n) is 2.98. The average Bonchev–Trinajstić information content (AvgIpc) is 2.64. The van der Waals surface area contributed by atoms with E-state index < -0.39 is 5.60 Å². The molecule has 0 aromatic heterocycles. The molecule has 106 valence electrons. The number of nitrogens with two attached hydrogens (primary N) is 1.